The minimum atomic E-state index is -0.246. The molecule has 1 aliphatic carbocycles. The Kier molecular flexibility index (Phi) is 5.13. The Hall–Kier alpha value is -1.88. The first kappa shape index (κ1) is 17.9. The summed E-state index contributed by atoms with van der Waals surface area (Å²) in [6, 6.07) is 4.88. The van der Waals surface area contributed by atoms with Crippen molar-refractivity contribution in [1.82, 2.24) is 14.5 Å². The first-order valence-corrected chi connectivity index (χ1v) is 9.36. The number of amides is 1. The maximum absolute atomic E-state index is 12.9. The molecule has 1 amide bonds. The lowest BCUT2D eigenvalue weighted by Gasteiger charge is -2.30. The molecule has 0 radical (unpaired) electrons. The number of aromatic nitrogens is 2. The SMILES string of the molecule is CCCN(C(=O)C1CC1)C(C)c1nc2cc(Cl)ccc2c(=O)n1CC. The molecule has 0 N–H and O–H groups in total. The van der Waals surface area contributed by atoms with E-state index in [1.165, 1.54) is 0 Å². The molecule has 2 aromatic rings. The molecule has 0 bridgehead atoms. The van der Waals surface area contributed by atoms with E-state index in [4.69, 9.17) is 16.6 Å². The number of rotatable bonds is 6. The second kappa shape index (κ2) is 7.16. The summed E-state index contributed by atoms with van der Waals surface area (Å²) in [4.78, 5) is 32.2. The molecule has 1 heterocycles. The summed E-state index contributed by atoms with van der Waals surface area (Å²) in [6.45, 7) is 7.12. The predicted octanol–water partition coefficient (Wildman–Crippen LogP) is 3.78. The summed E-state index contributed by atoms with van der Waals surface area (Å²) in [7, 11) is 0. The average Bonchev–Trinajstić information content (AvgIpc) is 3.43. The summed E-state index contributed by atoms with van der Waals surface area (Å²) in [5, 5.41) is 1.10. The van der Waals surface area contributed by atoms with Crippen LogP contribution in [0.3, 0.4) is 0 Å². The van der Waals surface area contributed by atoms with Gasteiger partial charge in [-0.15, -0.1) is 0 Å². The Labute approximate surface area is 152 Å². The van der Waals surface area contributed by atoms with Gasteiger partial charge in [0.1, 0.15) is 5.82 Å². The van der Waals surface area contributed by atoms with E-state index in [1.807, 2.05) is 18.7 Å². The molecule has 134 valence electrons. The third kappa shape index (κ3) is 3.43. The molecule has 5 nitrogen and oxygen atoms in total. The van der Waals surface area contributed by atoms with Crippen LogP contribution >= 0.6 is 11.6 Å². The van der Waals surface area contributed by atoms with Crippen LogP contribution in [-0.4, -0.2) is 26.9 Å². The molecule has 1 fully saturated rings. The molecular weight excluding hydrogens is 338 g/mol. The van der Waals surface area contributed by atoms with Gasteiger partial charge in [-0.05, 0) is 51.3 Å². The van der Waals surface area contributed by atoms with Gasteiger partial charge in [0, 0.05) is 24.0 Å². The van der Waals surface area contributed by atoms with E-state index in [1.54, 1.807) is 22.8 Å². The molecule has 1 aliphatic rings. The normalized spacial score (nSPS) is 15.4. The minimum absolute atomic E-state index is 0.0821. The van der Waals surface area contributed by atoms with Crippen molar-refractivity contribution < 1.29 is 4.79 Å². The van der Waals surface area contributed by atoms with E-state index in [0.717, 1.165) is 19.3 Å². The fourth-order valence-corrected chi connectivity index (χ4v) is 3.44. The summed E-state index contributed by atoms with van der Waals surface area (Å²) in [6.07, 6.45) is 2.80. The number of carbonyl (C=O) groups excluding carboxylic acids is 1. The van der Waals surface area contributed by atoms with Crippen molar-refractivity contribution in [2.45, 2.75) is 52.6 Å². The van der Waals surface area contributed by atoms with Gasteiger partial charge in [-0.2, -0.15) is 0 Å². The lowest BCUT2D eigenvalue weighted by Crippen LogP contribution is -2.39. The van der Waals surface area contributed by atoms with Crippen molar-refractivity contribution >= 4 is 28.4 Å². The zero-order valence-corrected chi connectivity index (χ0v) is 15.7. The minimum Gasteiger partial charge on any atom is -0.333 e. The number of fused-ring (bicyclic) bond motifs is 1. The topological polar surface area (TPSA) is 55.2 Å². The monoisotopic (exact) mass is 361 g/mol. The Morgan fingerprint density at radius 3 is 2.72 bits per heavy atom. The average molecular weight is 362 g/mol. The van der Waals surface area contributed by atoms with Crippen molar-refractivity contribution in [3.05, 3.63) is 39.4 Å². The highest BCUT2D eigenvalue weighted by molar-refractivity contribution is 6.31. The van der Waals surface area contributed by atoms with Gasteiger partial charge in [0.15, 0.2) is 0 Å². The Morgan fingerprint density at radius 2 is 2.12 bits per heavy atom. The van der Waals surface area contributed by atoms with E-state index in [-0.39, 0.29) is 23.4 Å². The predicted molar refractivity (Wildman–Crippen MR) is 99.8 cm³/mol. The maximum Gasteiger partial charge on any atom is 0.261 e. The van der Waals surface area contributed by atoms with Crippen LogP contribution in [0.5, 0.6) is 0 Å². The highest BCUT2D eigenvalue weighted by Gasteiger charge is 2.36. The standard InChI is InChI=1S/C19H24ClN3O2/c1-4-10-23(18(24)13-6-7-13)12(3)17-21-16-11-14(20)8-9-15(16)19(25)22(17)5-2/h8-9,11-13H,4-7,10H2,1-3H3. The summed E-state index contributed by atoms with van der Waals surface area (Å²) < 4.78 is 1.67. The molecular formula is C19H24ClN3O2. The van der Waals surface area contributed by atoms with Crippen molar-refractivity contribution in [1.29, 1.82) is 0 Å². The van der Waals surface area contributed by atoms with E-state index in [2.05, 4.69) is 6.92 Å². The quantitative estimate of drug-likeness (QED) is 0.786. The first-order valence-electron chi connectivity index (χ1n) is 8.98. The molecule has 1 saturated carbocycles. The Morgan fingerprint density at radius 1 is 1.40 bits per heavy atom. The van der Waals surface area contributed by atoms with Crippen LogP contribution in [0.25, 0.3) is 10.9 Å². The third-order valence-electron chi connectivity index (χ3n) is 4.78. The molecule has 25 heavy (non-hydrogen) atoms. The molecule has 1 aromatic heterocycles. The van der Waals surface area contributed by atoms with Crippen molar-refractivity contribution in [3.8, 4) is 0 Å². The van der Waals surface area contributed by atoms with Gasteiger partial charge in [-0.1, -0.05) is 18.5 Å². The highest BCUT2D eigenvalue weighted by atomic mass is 35.5. The van der Waals surface area contributed by atoms with Crippen molar-refractivity contribution in [3.63, 3.8) is 0 Å². The molecule has 0 spiro atoms. The molecule has 1 aromatic carbocycles. The molecule has 1 atom stereocenters. The van der Waals surface area contributed by atoms with E-state index >= 15 is 0 Å². The van der Waals surface area contributed by atoms with E-state index in [9.17, 15) is 9.59 Å². The zero-order valence-electron chi connectivity index (χ0n) is 15.0. The number of carbonyl (C=O) groups is 1. The zero-order chi connectivity index (χ0) is 18.1. The second-order valence-corrected chi connectivity index (χ2v) is 7.10. The maximum atomic E-state index is 12.9. The molecule has 0 aliphatic heterocycles. The van der Waals surface area contributed by atoms with Crippen LogP contribution in [0.1, 0.15) is 51.9 Å². The number of hydrogen-bond acceptors (Lipinski definition) is 3. The second-order valence-electron chi connectivity index (χ2n) is 6.66. The Bertz CT molecular complexity index is 858. The van der Waals surface area contributed by atoms with Crippen LogP contribution < -0.4 is 5.56 Å². The van der Waals surface area contributed by atoms with Crippen LogP contribution in [0.4, 0.5) is 0 Å². The summed E-state index contributed by atoms with van der Waals surface area (Å²) >= 11 is 6.08. The lowest BCUT2D eigenvalue weighted by atomic mass is 10.1. The number of hydrogen-bond donors (Lipinski definition) is 0. The smallest absolute Gasteiger partial charge is 0.261 e. The molecule has 1 unspecified atom stereocenters. The Balaban J connectivity index is 2.11. The van der Waals surface area contributed by atoms with Gasteiger partial charge in [0.2, 0.25) is 5.91 Å². The van der Waals surface area contributed by atoms with E-state index in [0.29, 0.717) is 34.8 Å². The van der Waals surface area contributed by atoms with Crippen LogP contribution in [0.2, 0.25) is 5.02 Å². The fourth-order valence-electron chi connectivity index (χ4n) is 3.28. The van der Waals surface area contributed by atoms with Gasteiger partial charge >= 0.3 is 0 Å². The number of benzene rings is 1. The number of halogens is 1. The van der Waals surface area contributed by atoms with E-state index < -0.39 is 0 Å². The van der Waals surface area contributed by atoms with Gasteiger partial charge in [0.25, 0.3) is 5.56 Å². The van der Waals surface area contributed by atoms with Crippen LogP contribution in [-0.2, 0) is 11.3 Å². The van der Waals surface area contributed by atoms with Gasteiger partial charge in [-0.25, -0.2) is 4.98 Å². The molecule has 3 rings (SSSR count). The molecule has 6 heteroatoms. The highest BCUT2D eigenvalue weighted by Crippen LogP contribution is 2.34. The van der Waals surface area contributed by atoms with Crippen LogP contribution in [0, 0.1) is 5.92 Å². The van der Waals surface area contributed by atoms with Crippen molar-refractivity contribution in [2.24, 2.45) is 5.92 Å². The largest absolute Gasteiger partial charge is 0.333 e. The third-order valence-corrected chi connectivity index (χ3v) is 5.01. The van der Waals surface area contributed by atoms with Gasteiger partial charge in [-0.3, -0.25) is 14.2 Å². The number of nitrogens with zero attached hydrogens (tertiary/aromatic N) is 3. The lowest BCUT2D eigenvalue weighted by molar-refractivity contribution is -0.135. The van der Waals surface area contributed by atoms with Crippen LogP contribution in [0.15, 0.2) is 23.0 Å². The van der Waals surface area contributed by atoms with Crippen molar-refractivity contribution in [2.75, 3.05) is 6.54 Å². The van der Waals surface area contributed by atoms with Gasteiger partial charge < -0.3 is 4.90 Å². The first-order chi connectivity index (χ1) is 12.0. The van der Waals surface area contributed by atoms with Gasteiger partial charge in [0.05, 0.1) is 16.9 Å². The molecule has 0 saturated heterocycles. The summed E-state index contributed by atoms with van der Waals surface area (Å²) in [5.41, 5.74) is 0.501. The fraction of sp³-hybridized carbons (Fsp3) is 0.526. The summed E-state index contributed by atoms with van der Waals surface area (Å²) in [5.74, 6) is 0.952.